The molecule has 130 valence electrons. The molecule has 1 heterocycles. The van der Waals surface area contributed by atoms with Gasteiger partial charge in [-0.3, -0.25) is 9.59 Å². The van der Waals surface area contributed by atoms with Crippen molar-refractivity contribution in [2.45, 2.75) is 57.1 Å². The number of carboxylic acids is 1. The first-order valence-electron chi connectivity index (χ1n) is 8.68. The summed E-state index contributed by atoms with van der Waals surface area (Å²) in [5, 5.41) is 12.1. The van der Waals surface area contributed by atoms with Gasteiger partial charge in [-0.05, 0) is 50.2 Å². The molecule has 1 amide bonds. The van der Waals surface area contributed by atoms with Crippen molar-refractivity contribution < 1.29 is 19.4 Å². The highest BCUT2D eigenvalue weighted by Gasteiger charge is 2.51. The zero-order valence-corrected chi connectivity index (χ0v) is 14.1. The van der Waals surface area contributed by atoms with Crippen LogP contribution in [-0.4, -0.2) is 35.2 Å². The van der Waals surface area contributed by atoms with Crippen LogP contribution >= 0.6 is 0 Å². The molecule has 1 aliphatic heterocycles. The van der Waals surface area contributed by atoms with Gasteiger partial charge < -0.3 is 15.2 Å². The third-order valence-corrected chi connectivity index (χ3v) is 5.33. The molecule has 1 spiro atoms. The predicted octanol–water partition coefficient (Wildman–Crippen LogP) is 2.46. The maximum Gasteiger partial charge on any atom is 0.306 e. The van der Waals surface area contributed by atoms with Gasteiger partial charge in [-0.15, -0.1) is 0 Å². The second kappa shape index (κ2) is 6.93. The number of aliphatic carboxylic acids is 1. The molecule has 2 N–H and O–H groups in total. The van der Waals surface area contributed by atoms with Crippen molar-refractivity contribution in [1.29, 1.82) is 0 Å². The van der Waals surface area contributed by atoms with Crippen molar-refractivity contribution in [3.05, 3.63) is 35.4 Å². The van der Waals surface area contributed by atoms with Crippen LogP contribution in [0.2, 0.25) is 0 Å². The van der Waals surface area contributed by atoms with Crippen molar-refractivity contribution in [3.63, 3.8) is 0 Å². The van der Waals surface area contributed by atoms with Gasteiger partial charge in [-0.1, -0.05) is 24.3 Å². The number of rotatable bonds is 5. The molecule has 2 aliphatic rings. The van der Waals surface area contributed by atoms with Crippen molar-refractivity contribution in [3.8, 4) is 0 Å². The molecule has 1 atom stereocenters. The minimum atomic E-state index is -0.742. The van der Waals surface area contributed by atoms with E-state index in [0.717, 1.165) is 19.3 Å². The van der Waals surface area contributed by atoms with Crippen LogP contribution in [0.3, 0.4) is 0 Å². The van der Waals surface area contributed by atoms with E-state index in [9.17, 15) is 9.59 Å². The van der Waals surface area contributed by atoms with Crippen LogP contribution in [0.15, 0.2) is 24.3 Å². The Morgan fingerprint density at radius 2 is 2.04 bits per heavy atom. The topological polar surface area (TPSA) is 75.6 Å². The number of aryl methyl sites for hydroxylation is 2. The highest BCUT2D eigenvalue weighted by molar-refractivity contribution is 5.76. The summed E-state index contributed by atoms with van der Waals surface area (Å²) in [4.78, 5) is 23.2. The summed E-state index contributed by atoms with van der Waals surface area (Å²) < 4.78 is 5.82. The lowest BCUT2D eigenvalue weighted by atomic mass is 9.66. The summed E-state index contributed by atoms with van der Waals surface area (Å²) in [6.07, 6.45) is 3.89. The minimum Gasteiger partial charge on any atom is -0.481 e. The van der Waals surface area contributed by atoms with Gasteiger partial charge >= 0.3 is 5.97 Å². The quantitative estimate of drug-likeness (QED) is 0.869. The molecule has 1 aromatic rings. The number of hydrogen-bond acceptors (Lipinski definition) is 3. The largest absolute Gasteiger partial charge is 0.481 e. The molecule has 2 fully saturated rings. The molecule has 1 saturated heterocycles. The predicted molar refractivity (Wildman–Crippen MR) is 89.7 cm³/mol. The van der Waals surface area contributed by atoms with Gasteiger partial charge in [-0.2, -0.15) is 0 Å². The van der Waals surface area contributed by atoms with Crippen LogP contribution in [0.5, 0.6) is 0 Å². The number of nitrogens with one attached hydrogen (secondary N) is 1. The van der Waals surface area contributed by atoms with Crippen molar-refractivity contribution in [2.24, 2.45) is 5.92 Å². The fraction of sp³-hybridized carbons (Fsp3) is 0.579. The molecule has 1 saturated carbocycles. The van der Waals surface area contributed by atoms with E-state index >= 15 is 0 Å². The molecule has 0 bridgehead atoms. The lowest BCUT2D eigenvalue weighted by Crippen LogP contribution is -2.56. The molecule has 24 heavy (non-hydrogen) atoms. The molecule has 5 nitrogen and oxygen atoms in total. The van der Waals surface area contributed by atoms with Crippen molar-refractivity contribution in [2.75, 3.05) is 6.61 Å². The van der Waals surface area contributed by atoms with Gasteiger partial charge in [0, 0.05) is 19.1 Å². The number of carboxylic acid groups (broad SMARTS) is 1. The van der Waals surface area contributed by atoms with E-state index in [-0.39, 0.29) is 23.5 Å². The Balaban J connectivity index is 1.46. The number of amides is 1. The summed E-state index contributed by atoms with van der Waals surface area (Å²) in [6.45, 7) is 2.65. The van der Waals surface area contributed by atoms with Gasteiger partial charge in [0.2, 0.25) is 5.91 Å². The maximum atomic E-state index is 12.2. The molecule has 5 heteroatoms. The third kappa shape index (κ3) is 3.78. The Hall–Kier alpha value is -1.88. The van der Waals surface area contributed by atoms with Gasteiger partial charge in [0.25, 0.3) is 0 Å². The van der Waals surface area contributed by atoms with E-state index in [1.165, 1.54) is 11.1 Å². The van der Waals surface area contributed by atoms with Gasteiger partial charge in [0.1, 0.15) is 0 Å². The van der Waals surface area contributed by atoms with E-state index in [0.29, 0.717) is 25.9 Å². The van der Waals surface area contributed by atoms with Gasteiger partial charge in [0.05, 0.1) is 11.5 Å². The van der Waals surface area contributed by atoms with E-state index in [4.69, 9.17) is 9.84 Å². The number of carbonyl (C=O) groups excluding carboxylic acids is 1. The smallest absolute Gasteiger partial charge is 0.306 e. The van der Waals surface area contributed by atoms with E-state index in [2.05, 4.69) is 24.4 Å². The molecular formula is C19H25NO4. The van der Waals surface area contributed by atoms with Gasteiger partial charge in [0.15, 0.2) is 0 Å². The number of benzene rings is 1. The highest BCUT2D eigenvalue weighted by atomic mass is 16.5. The fourth-order valence-electron chi connectivity index (χ4n) is 3.89. The first-order chi connectivity index (χ1) is 11.5. The summed E-state index contributed by atoms with van der Waals surface area (Å²) >= 11 is 0. The SMILES string of the molecule is Cc1ccccc1CCC(=O)NC1CCOC2(C1)CC(C(=O)O)C2. The second-order valence-electron chi connectivity index (χ2n) is 7.16. The van der Waals surface area contributed by atoms with Crippen LogP contribution in [0, 0.1) is 12.8 Å². The average Bonchev–Trinajstić information content (AvgIpc) is 2.52. The normalized spacial score (nSPS) is 29.0. The Bertz CT molecular complexity index is 622. The molecule has 1 aromatic carbocycles. The summed E-state index contributed by atoms with van der Waals surface area (Å²) in [7, 11) is 0. The Labute approximate surface area is 142 Å². The maximum absolute atomic E-state index is 12.2. The molecule has 0 radical (unpaired) electrons. The third-order valence-electron chi connectivity index (χ3n) is 5.33. The summed E-state index contributed by atoms with van der Waals surface area (Å²) in [6, 6.07) is 8.22. The lowest BCUT2D eigenvalue weighted by Gasteiger charge is -2.50. The molecular weight excluding hydrogens is 306 g/mol. The van der Waals surface area contributed by atoms with Crippen LogP contribution in [0.4, 0.5) is 0 Å². The zero-order chi connectivity index (χ0) is 17.2. The first-order valence-corrected chi connectivity index (χ1v) is 8.68. The molecule has 1 unspecified atom stereocenters. The van der Waals surface area contributed by atoms with Crippen molar-refractivity contribution in [1.82, 2.24) is 5.32 Å². The molecule has 1 aliphatic carbocycles. The number of carbonyl (C=O) groups is 2. The van der Waals surface area contributed by atoms with E-state index < -0.39 is 5.97 Å². The minimum absolute atomic E-state index is 0.0643. The first kappa shape index (κ1) is 17.0. The molecule has 3 rings (SSSR count). The zero-order valence-electron chi connectivity index (χ0n) is 14.1. The Kier molecular flexibility index (Phi) is 4.90. The van der Waals surface area contributed by atoms with Crippen molar-refractivity contribution >= 4 is 11.9 Å². The Morgan fingerprint density at radius 3 is 2.75 bits per heavy atom. The highest BCUT2D eigenvalue weighted by Crippen LogP contribution is 2.46. The fourth-order valence-corrected chi connectivity index (χ4v) is 3.89. The van der Waals surface area contributed by atoms with Gasteiger partial charge in [-0.25, -0.2) is 0 Å². The lowest BCUT2D eigenvalue weighted by molar-refractivity contribution is -0.182. The van der Waals surface area contributed by atoms with E-state index in [1.54, 1.807) is 0 Å². The summed E-state index contributed by atoms with van der Waals surface area (Å²) in [5.74, 6) is -0.969. The number of hydrogen-bond donors (Lipinski definition) is 2. The standard InChI is InChI=1S/C19H25NO4/c1-13-4-2-3-5-14(13)6-7-17(21)20-16-8-9-24-19(12-16)10-15(11-19)18(22)23/h2-5,15-16H,6-12H2,1H3,(H,20,21)(H,22,23). The van der Waals surface area contributed by atoms with Crippen LogP contribution in [-0.2, 0) is 20.7 Å². The van der Waals surface area contributed by atoms with Crippen LogP contribution in [0.25, 0.3) is 0 Å². The number of ether oxygens (including phenoxy) is 1. The second-order valence-corrected chi connectivity index (χ2v) is 7.16. The van der Waals surface area contributed by atoms with Crippen LogP contribution in [0.1, 0.15) is 43.2 Å². The Morgan fingerprint density at radius 1 is 1.29 bits per heavy atom. The average molecular weight is 331 g/mol. The van der Waals surface area contributed by atoms with E-state index in [1.807, 2.05) is 12.1 Å². The summed E-state index contributed by atoms with van der Waals surface area (Å²) in [5.41, 5.74) is 2.10. The molecule has 0 aromatic heterocycles. The van der Waals surface area contributed by atoms with Crippen LogP contribution < -0.4 is 5.32 Å². The monoisotopic (exact) mass is 331 g/mol.